The standard InChI is InChI=1S/C22H12ClF2NO2/c23-18-3-1-2-15(11-18)17(13-26)10-14-4-7-19(8-5-14)28-22(27)16-6-9-20(24)21(25)12-16/h1-12H/b17-10-. The van der Waals surface area contributed by atoms with Gasteiger partial charge >= 0.3 is 5.97 Å². The highest BCUT2D eigenvalue weighted by Crippen LogP contribution is 2.22. The molecule has 6 heteroatoms. The van der Waals surface area contributed by atoms with Crippen molar-refractivity contribution in [3.8, 4) is 11.8 Å². The minimum Gasteiger partial charge on any atom is -0.423 e. The quantitative estimate of drug-likeness (QED) is 0.239. The second kappa shape index (κ2) is 8.47. The third kappa shape index (κ3) is 4.61. The maximum Gasteiger partial charge on any atom is 0.343 e. The van der Waals surface area contributed by atoms with E-state index in [1.807, 2.05) is 0 Å². The van der Waals surface area contributed by atoms with Crippen LogP contribution in [0.4, 0.5) is 8.78 Å². The summed E-state index contributed by atoms with van der Waals surface area (Å²) in [6.07, 6.45) is 1.67. The predicted octanol–water partition coefficient (Wildman–Crippen LogP) is 5.90. The normalized spacial score (nSPS) is 11.0. The molecule has 28 heavy (non-hydrogen) atoms. The van der Waals surface area contributed by atoms with Crippen LogP contribution in [0.2, 0.25) is 5.02 Å². The number of hydrogen-bond donors (Lipinski definition) is 0. The number of rotatable bonds is 4. The Morgan fingerprint density at radius 1 is 0.964 bits per heavy atom. The first-order valence-electron chi connectivity index (χ1n) is 8.11. The van der Waals surface area contributed by atoms with Crippen LogP contribution in [0.5, 0.6) is 5.75 Å². The summed E-state index contributed by atoms with van der Waals surface area (Å²) >= 11 is 5.96. The number of ether oxygens (including phenoxy) is 1. The van der Waals surface area contributed by atoms with Gasteiger partial charge in [0.2, 0.25) is 0 Å². The molecule has 0 amide bonds. The molecule has 0 aliphatic carbocycles. The van der Waals surface area contributed by atoms with Gasteiger partial charge in [-0.3, -0.25) is 0 Å². The van der Waals surface area contributed by atoms with Crippen LogP contribution in [-0.2, 0) is 0 Å². The molecule has 0 saturated heterocycles. The van der Waals surface area contributed by atoms with E-state index < -0.39 is 17.6 Å². The van der Waals surface area contributed by atoms with Crippen molar-refractivity contribution in [1.29, 1.82) is 5.26 Å². The fourth-order valence-electron chi connectivity index (χ4n) is 2.42. The van der Waals surface area contributed by atoms with Gasteiger partial charge in [0, 0.05) is 5.02 Å². The van der Waals surface area contributed by atoms with Gasteiger partial charge in [-0.15, -0.1) is 0 Å². The number of carbonyl (C=O) groups excluding carboxylic acids is 1. The Labute approximate surface area is 165 Å². The lowest BCUT2D eigenvalue weighted by molar-refractivity contribution is 0.0734. The van der Waals surface area contributed by atoms with E-state index in [2.05, 4.69) is 6.07 Å². The summed E-state index contributed by atoms with van der Waals surface area (Å²) in [6.45, 7) is 0. The molecule has 3 aromatic carbocycles. The van der Waals surface area contributed by atoms with Crippen LogP contribution in [0, 0.1) is 23.0 Å². The summed E-state index contributed by atoms with van der Waals surface area (Å²) in [5, 5.41) is 9.91. The lowest BCUT2D eigenvalue weighted by Crippen LogP contribution is -2.09. The molecule has 0 unspecified atom stereocenters. The Bertz CT molecular complexity index is 1100. The summed E-state index contributed by atoms with van der Waals surface area (Å²) in [6, 6.07) is 18.2. The molecule has 0 aromatic heterocycles. The van der Waals surface area contributed by atoms with Gasteiger partial charge in [0.15, 0.2) is 11.6 Å². The molecule has 3 aromatic rings. The van der Waals surface area contributed by atoms with E-state index in [4.69, 9.17) is 16.3 Å². The predicted molar refractivity (Wildman–Crippen MR) is 103 cm³/mol. The number of hydrogen-bond acceptors (Lipinski definition) is 3. The van der Waals surface area contributed by atoms with Gasteiger partial charge in [0.05, 0.1) is 17.2 Å². The van der Waals surface area contributed by atoms with Gasteiger partial charge in [-0.25, -0.2) is 13.6 Å². The molecule has 0 bridgehead atoms. The lowest BCUT2D eigenvalue weighted by Gasteiger charge is -2.05. The van der Waals surface area contributed by atoms with Crippen molar-refractivity contribution in [2.45, 2.75) is 0 Å². The van der Waals surface area contributed by atoms with E-state index in [1.165, 1.54) is 12.1 Å². The molecule has 0 heterocycles. The first kappa shape index (κ1) is 19.3. The van der Waals surface area contributed by atoms with Crippen LogP contribution in [0.15, 0.2) is 66.7 Å². The minimum atomic E-state index is -1.13. The fourth-order valence-corrected chi connectivity index (χ4v) is 2.61. The molecule has 3 nitrogen and oxygen atoms in total. The molecule has 0 atom stereocenters. The maximum atomic E-state index is 13.2. The van der Waals surface area contributed by atoms with Gasteiger partial charge in [0.25, 0.3) is 0 Å². The second-order valence-corrected chi connectivity index (χ2v) is 6.20. The molecule has 0 N–H and O–H groups in total. The van der Waals surface area contributed by atoms with Crippen LogP contribution in [-0.4, -0.2) is 5.97 Å². The number of halogens is 3. The van der Waals surface area contributed by atoms with E-state index >= 15 is 0 Å². The molecule has 0 aliphatic rings. The second-order valence-electron chi connectivity index (χ2n) is 5.77. The van der Waals surface area contributed by atoms with Gasteiger partial charge in [-0.2, -0.15) is 5.26 Å². The third-order valence-electron chi connectivity index (χ3n) is 3.81. The summed E-state index contributed by atoms with van der Waals surface area (Å²) in [7, 11) is 0. The van der Waals surface area contributed by atoms with Crippen LogP contribution in [0.3, 0.4) is 0 Å². The largest absolute Gasteiger partial charge is 0.423 e. The van der Waals surface area contributed by atoms with Crippen LogP contribution >= 0.6 is 11.6 Å². The van der Waals surface area contributed by atoms with Crippen molar-refractivity contribution in [2.75, 3.05) is 0 Å². The SMILES string of the molecule is N#C/C(=C/c1ccc(OC(=O)c2ccc(F)c(F)c2)cc1)c1cccc(Cl)c1. The fraction of sp³-hybridized carbons (Fsp3) is 0. The molecular formula is C22H12ClF2NO2. The zero-order chi connectivity index (χ0) is 20.1. The number of esters is 1. The Balaban J connectivity index is 1.76. The van der Waals surface area contributed by atoms with Crippen LogP contribution < -0.4 is 4.74 Å². The average Bonchev–Trinajstić information content (AvgIpc) is 2.69. The van der Waals surface area contributed by atoms with Crippen molar-refractivity contribution in [3.05, 3.63) is 100 Å². The molecule has 138 valence electrons. The first-order valence-corrected chi connectivity index (χ1v) is 8.49. The first-order chi connectivity index (χ1) is 13.5. The Hall–Kier alpha value is -3.49. The molecule has 0 spiro atoms. The maximum absolute atomic E-state index is 13.2. The van der Waals surface area contributed by atoms with Crippen molar-refractivity contribution < 1.29 is 18.3 Å². The van der Waals surface area contributed by atoms with E-state index in [9.17, 15) is 18.8 Å². The highest BCUT2D eigenvalue weighted by Gasteiger charge is 2.12. The third-order valence-corrected chi connectivity index (χ3v) is 4.05. The number of allylic oxidation sites excluding steroid dienone is 1. The number of carbonyl (C=O) groups is 1. The van der Waals surface area contributed by atoms with Crippen LogP contribution in [0.1, 0.15) is 21.5 Å². The van der Waals surface area contributed by atoms with Gasteiger partial charge < -0.3 is 4.74 Å². The van der Waals surface area contributed by atoms with Gasteiger partial charge in [-0.1, -0.05) is 35.9 Å². The summed E-state index contributed by atoms with van der Waals surface area (Å²) in [5.74, 6) is -2.74. The molecule has 0 radical (unpaired) electrons. The Kier molecular flexibility index (Phi) is 5.83. The van der Waals surface area contributed by atoms with Gasteiger partial charge in [0.1, 0.15) is 5.75 Å². The van der Waals surface area contributed by atoms with Crippen molar-refractivity contribution in [2.24, 2.45) is 0 Å². The van der Waals surface area contributed by atoms with Crippen molar-refractivity contribution in [1.82, 2.24) is 0 Å². The molecule has 3 rings (SSSR count). The Morgan fingerprint density at radius 3 is 2.36 bits per heavy atom. The summed E-state index contributed by atoms with van der Waals surface area (Å²) in [5.41, 5.74) is 1.72. The topological polar surface area (TPSA) is 50.1 Å². The molecular weight excluding hydrogens is 384 g/mol. The smallest absolute Gasteiger partial charge is 0.343 e. The summed E-state index contributed by atoms with van der Waals surface area (Å²) in [4.78, 5) is 12.0. The monoisotopic (exact) mass is 395 g/mol. The van der Waals surface area contributed by atoms with Crippen LogP contribution in [0.25, 0.3) is 11.6 Å². The zero-order valence-electron chi connectivity index (χ0n) is 14.3. The Morgan fingerprint density at radius 2 is 1.71 bits per heavy atom. The minimum absolute atomic E-state index is 0.101. The van der Waals surface area contributed by atoms with Crippen molar-refractivity contribution >= 4 is 29.2 Å². The number of nitrogens with zero attached hydrogens (tertiary/aromatic N) is 1. The lowest BCUT2D eigenvalue weighted by atomic mass is 10.0. The highest BCUT2D eigenvalue weighted by molar-refractivity contribution is 6.30. The van der Waals surface area contributed by atoms with E-state index in [1.54, 1.807) is 42.5 Å². The van der Waals surface area contributed by atoms with E-state index in [0.29, 0.717) is 21.7 Å². The van der Waals surface area contributed by atoms with E-state index in [-0.39, 0.29) is 11.3 Å². The molecule has 0 saturated carbocycles. The summed E-state index contributed by atoms with van der Waals surface area (Å²) < 4.78 is 31.3. The zero-order valence-corrected chi connectivity index (χ0v) is 15.1. The van der Waals surface area contributed by atoms with E-state index in [0.717, 1.165) is 18.2 Å². The number of benzene rings is 3. The molecule has 0 aliphatic heterocycles. The van der Waals surface area contributed by atoms with Gasteiger partial charge in [-0.05, 0) is 59.7 Å². The highest BCUT2D eigenvalue weighted by atomic mass is 35.5. The average molecular weight is 396 g/mol. The number of nitriles is 1. The van der Waals surface area contributed by atoms with Crippen molar-refractivity contribution in [3.63, 3.8) is 0 Å². The molecule has 0 fully saturated rings.